The highest BCUT2D eigenvalue weighted by atomic mass is 127. The lowest BCUT2D eigenvalue weighted by Gasteiger charge is -2.16. The van der Waals surface area contributed by atoms with Crippen molar-refractivity contribution in [3.8, 4) is 5.75 Å². The summed E-state index contributed by atoms with van der Waals surface area (Å²) in [5.41, 5.74) is 1.45. The number of rotatable bonds is 7. The van der Waals surface area contributed by atoms with Crippen LogP contribution in [0.4, 0.5) is 11.4 Å². The van der Waals surface area contributed by atoms with Gasteiger partial charge in [-0.15, -0.1) is 0 Å². The standard InChI is InChI=1S/C24H18ClIN2O3S/c1-2-31-19-11-9-18(10-12-19)28-23(29)21(27-17-7-5-16(26)6-8-17)22(24(28)30)32-20-13-3-15(25)4-14-20/h3-14,27H,2H2,1H3. The van der Waals surface area contributed by atoms with E-state index < -0.39 is 5.91 Å². The van der Waals surface area contributed by atoms with Crippen LogP contribution in [0.15, 0.2) is 88.3 Å². The first kappa shape index (κ1) is 22.7. The number of nitrogens with zero attached hydrogens (tertiary/aromatic N) is 1. The third kappa shape index (κ3) is 4.95. The van der Waals surface area contributed by atoms with Gasteiger partial charge in [0.05, 0.1) is 12.3 Å². The van der Waals surface area contributed by atoms with E-state index in [1.54, 1.807) is 36.4 Å². The van der Waals surface area contributed by atoms with E-state index >= 15 is 0 Å². The summed E-state index contributed by atoms with van der Waals surface area (Å²) in [6.45, 7) is 2.43. The summed E-state index contributed by atoms with van der Waals surface area (Å²) < 4.78 is 6.54. The molecule has 0 bridgehead atoms. The van der Waals surface area contributed by atoms with Gasteiger partial charge in [-0.1, -0.05) is 23.4 Å². The van der Waals surface area contributed by atoms with Crippen LogP contribution >= 0.6 is 46.0 Å². The zero-order valence-corrected chi connectivity index (χ0v) is 20.7. The van der Waals surface area contributed by atoms with Crippen LogP contribution < -0.4 is 15.0 Å². The van der Waals surface area contributed by atoms with Gasteiger partial charge in [0, 0.05) is 19.2 Å². The van der Waals surface area contributed by atoms with E-state index in [0.717, 1.165) is 14.2 Å². The normalized spacial score (nSPS) is 13.7. The predicted molar refractivity (Wildman–Crippen MR) is 137 cm³/mol. The maximum atomic E-state index is 13.4. The minimum Gasteiger partial charge on any atom is -0.494 e. The Morgan fingerprint density at radius 2 is 1.59 bits per heavy atom. The van der Waals surface area contributed by atoms with Crippen molar-refractivity contribution in [2.75, 3.05) is 16.8 Å². The van der Waals surface area contributed by atoms with Gasteiger partial charge in [0.1, 0.15) is 16.4 Å². The summed E-state index contributed by atoms with van der Waals surface area (Å²) >= 11 is 9.44. The Balaban J connectivity index is 1.69. The summed E-state index contributed by atoms with van der Waals surface area (Å²) in [7, 11) is 0. The van der Waals surface area contributed by atoms with E-state index in [0.29, 0.717) is 28.0 Å². The van der Waals surface area contributed by atoms with Gasteiger partial charge in [-0.25, -0.2) is 4.90 Å². The molecule has 32 heavy (non-hydrogen) atoms. The molecule has 4 rings (SSSR count). The molecule has 0 unspecified atom stereocenters. The van der Waals surface area contributed by atoms with Crippen LogP contribution in [-0.4, -0.2) is 18.4 Å². The molecule has 1 aliphatic heterocycles. The predicted octanol–water partition coefficient (Wildman–Crippen LogP) is 6.33. The molecule has 0 spiro atoms. The SMILES string of the molecule is CCOc1ccc(N2C(=O)C(Nc3ccc(I)cc3)=C(Sc3ccc(Cl)cc3)C2=O)cc1. The monoisotopic (exact) mass is 576 g/mol. The van der Waals surface area contributed by atoms with Crippen LogP contribution in [0.3, 0.4) is 0 Å². The highest BCUT2D eigenvalue weighted by Crippen LogP contribution is 2.38. The molecule has 8 heteroatoms. The minimum absolute atomic E-state index is 0.241. The first-order chi connectivity index (χ1) is 15.5. The summed E-state index contributed by atoms with van der Waals surface area (Å²) in [5, 5.41) is 3.76. The van der Waals surface area contributed by atoms with Crippen LogP contribution in [0, 0.1) is 3.57 Å². The second-order valence-electron chi connectivity index (χ2n) is 6.76. The minimum atomic E-state index is -0.408. The van der Waals surface area contributed by atoms with E-state index in [2.05, 4.69) is 27.9 Å². The Labute approximate surface area is 208 Å². The van der Waals surface area contributed by atoms with E-state index in [1.165, 1.54) is 16.7 Å². The van der Waals surface area contributed by atoms with Crippen molar-refractivity contribution in [1.29, 1.82) is 0 Å². The molecular weight excluding hydrogens is 559 g/mol. The Bertz CT molecular complexity index is 1110. The van der Waals surface area contributed by atoms with E-state index in [4.69, 9.17) is 16.3 Å². The fourth-order valence-electron chi connectivity index (χ4n) is 3.11. The quantitative estimate of drug-likeness (QED) is 0.263. The average molecular weight is 577 g/mol. The summed E-state index contributed by atoms with van der Waals surface area (Å²) in [6, 6.07) is 21.7. The van der Waals surface area contributed by atoms with Gasteiger partial charge in [-0.05, 0) is 102 Å². The lowest BCUT2D eigenvalue weighted by molar-refractivity contribution is -0.120. The number of carbonyl (C=O) groups excluding carboxylic acids is 2. The topological polar surface area (TPSA) is 58.6 Å². The fraction of sp³-hybridized carbons (Fsp3) is 0.0833. The first-order valence-corrected chi connectivity index (χ1v) is 12.1. The van der Waals surface area contributed by atoms with E-state index in [9.17, 15) is 9.59 Å². The van der Waals surface area contributed by atoms with Crippen LogP contribution in [0.5, 0.6) is 5.75 Å². The zero-order valence-electron chi connectivity index (χ0n) is 17.0. The molecule has 0 saturated carbocycles. The third-order valence-electron chi connectivity index (χ3n) is 4.59. The van der Waals surface area contributed by atoms with E-state index in [1.807, 2.05) is 43.3 Å². The number of hydrogen-bond acceptors (Lipinski definition) is 5. The summed E-state index contributed by atoms with van der Waals surface area (Å²) in [6.07, 6.45) is 0. The Morgan fingerprint density at radius 1 is 0.938 bits per heavy atom. The van der Waals surface area contributed by atoms with Crippen molar-refractivity contribution >= 4 is 69.1 Å². The van der Waals surface area contributed by atoms with Crippen molar-refractivity contribution in [3.05, 3.63) is 92.0 Å². The fourth-order valence-corrected chi connectivity index (χ4v) is 4.52. The van der Waals surface area contributed by atoms with Crippen molar-refractivity contribution in [1.82, 2.24) is 0 Å². The number of halogens is 2. The molecule has 0 fully saturated rings. The molecule has 2 amide bonds. The van der Waals surface area contributed by atoms with Crippen molar-refractivity contribution in [2.24, 2.45) is 0 Å². The molecule has 162 valence electrons. The molecule has 1 aliphatic rings. The number of anilines is 2. The van der Waals surface area contributed by atoms with Crippen LogP contribution in [-0.2, 0) is 9.59 Å². The molecule has 1 N–H and O–H groups in total. The number of hydrogen-bond donors (Lipinski definition) is 1. The largest absolute Gasteiger partial charge is 0.494 e. The zero-order chi connectivity index (χ0) is 22.7. The summed E-state index contributed by atoms with van der Waals surface area (Å²) in [5.74, 6) is -0.113. The lowest BCUT2D eigenvalue weighted by atomic mass is 10.2. The Morgan fingerprint density at radius 3 is 2.22 bits per heavy atom. The number of imide groups is 1. The number of benzene rings is 3. The summed E-state index contributed by atoms with van der Waals surface area (Å²) in [4.78, 5) is 29.1. The maximum Gasteiger partial charge on any atom is 0.283 e. The smallest absolute Gasteiger partial charge is 0.283 e. The molecule has 3 aromatic rings. The molecule has 0 atom stereocenters. The molecule has 1 heterocycles. The molecule has 0 radical (unpaired) electrons. The molecular formula is C24H18ClIN2O3S. The Kier molecular flexibility index (Phi) is 7.07. The second kappa shape index (κ2) is 9.97. The molecule has 0 saturated heterocycles. The van der Waals surface area contributed by atoms with Crippen molar-refractivity contribution < 1.29 is 14.3 Å². The van der Waals surface area contributed by atoms with Gasteiger partial charge < -0.3 is 10.1 Å². The highest BCUT2D eigenvalue weighted by molar-refractivity contribution is 14.1. The van der Waals surface area contributed by atoms with Gasteiger partial charge in [0.15, 0.2) is 0 Å². The van der Waals surface area contributed by atoms with Gasteiger partial charge in [0.2, 0.25) is 0 Å². The van der Waals surface area contributed by atoms with Crippen molar-refractivity contribution in [3.63, 3.8) is 0 Å². The first-order valence-electron chi connectivity index (χ1n) is 9.78. The van der Waals surface area contributed by atoms with Crippen LogP contribution in [0.2, 0.25) is 5.02 Å². The van der Waals surface area contributed by atoms with E-state index in [-0.39, 0.29) is 11.6 Å². The van der Waals surface area contributed by atoms with Crippen LogP contribution in [0.1, 0.15) is 6.92 Å². The van der Waals surface area contributed by atoms with Gasteiger partial charge in [-0.3, -0.25) is 9.59 Å². The number of ether oxygens (including phenoxy) is 1. The van der Waals surface area contributed by atoms with Gasteiger partial charge in [0.25, 0.3) is 11.8 Å². The molecule has 0 aliphatic carbocycles. The number of nitrogens with one attached hydrogen (secondary N) is 1. The molecule has 5 nitrogen and oxygen atoms in total. The third-order valence-corrected chi connectivity index (χ3v) is 6.66. The second-order valence-corrected chi connectivity index (χ2v) is 9.53. The maximum absolute atomic E-state index is 13.4. The highest BCUT2D eigenvalue weighted by Gasteiger charge is 2.40. The average Bonchev–Trinajstić information content (AvgIpc) is 3.01. The number of amides is 2. The number of carbonyl (C=O) groups is 2. The Hall–Kier alpha value is -2.49. The lowest BCUT2D eigenvalue weighted by Crippen LogP contribution is -2.32. The molecule has 3 aromatic carbocycles. The van der Waals surface area contributed by atoms with Gasteiger partial charge >= 0.3 is 0 Å². The van der Waals surface area contributed by atoms with Crippen molar-refractivity contribution in [2.45, 2.75) is 11.8 Å². The van der Waals surface area contributed by atoms with Crippen LogP contribution in [0.25, 0.3) is 0 Å². The van der Waals surface area contributed by atoms with Gasteiger partial charge in [-0.2, -0.15) is 0 Å². The molecule has 0 aromatic heterocycles. The number of thioether (sulfide) groups is 1.